The number of hydrogen-bond acceptors (Lipinski definition) is 3. The molecule has 1 amide bonds. The van der Waals surface area contributed by atoms with Crippen LogP contribution in [0.2, 0.25) is 0 Å². The van der Waals surface area contributed by atoms with E-state index in [2.05, 4.69) is 13.2 Å². The number of Topliss-reactive ketones (excluding diaryl/α,β-unsaturated/α-hetero) is 1. The molecule has 0 aliphatic carbocycles. The van der Waals surface area contributed by atoms with Gasteiger partial charge < -0.3 is 9.64 Å². The molecule has 4 nitrogen and oxygen atoms in total. The van der Waals surface area contributed by atoms with E-state index in [9.17, 15) is 9.59 Å². The van der Waals surface area contributed by atoms with Crippen LogP contribution < -0.4 is 4.74 Å². The van der Waals surface area contributed by atoms with Crippen LogP contribution in [0.1, 0.15) is 22.8 Å². The lowest BCUT2D eigenvalue weighted by Gasteiger charge is -2.20. The molecule has 0 spiro atoms. The molecule has 1 aromatic carbocycles. The molecule has 112 valence electrons. The monoisotopic (exact) mass is 287 g/mol. The second kappa shape index (κ2) is 8.04. The molecule has 0 aliphatic heterocycles. The normalized spacial score (nSPS) is 9.81. The largest absolute Gasteiger partial charge is 0.496 e. The Morgan fingerprint density at radius 2 is 1.86 bits per heavy atom. The Morgan fingerprint density at radius 3 is 2.33 bits per heavy atom. The smallest absolute Gasteiger partial charge is 0.227 e. The number of amides is 1. The van der Waals surface area contributed by atoms with Crippen molar-refractivity contribution < 1.29 is 14.3 Å². The summed E-state index contributed by atoms with van der Waals surface area (Å²) in [5, 5.41) is 0. The number of nitrogens with zero attached hydrogens (tertiary/aromatic N) is 1. The number of ketones is 1. The SMILES string of the molecule is C=CCN(CC=C)C(=O)Cc1cc(C(C)=O)ccc1OC. The van der Waals surface area contributed by atoms with Crippen LogP contribution in [0.3, 0.4) is 0 Å². The molecule has 0 saturated carbocycles. The predicted octanol–water partition coefficient (Wildman–Crippen LogP) is 2.64. The summed E-state index contributed by atoms with van der Waals surface area (Å²) in [4.78, 5) is 25.4. The summed E-state index contributed by atoms with van der Waals surface area (Å²) in [5.74, 6) is 0.500. The van der Waals surface area contributed by atoms with Gasteiger partial charge in [0, 0.05) is 24.2 Å². The molecule has 0 bridgehead atoms. The van der Waals surface area contributed by atoms with Crippen molar-refractivity contribution in [3.63, 3.8) is 0 Å². The van der Waals surface area contributed by atoms with E-state index in [1.165, 1.54) is 6.92 Å². The zero-order valence-corrected chi connectivity index (χ0v) is 12.6. The van der Waals surface area contributed by atoms with Gasteiger partial charge in [-0.3, -0.25) is 9.59 Å². The maximum Gasteiger partial charge on any atom is 0.227 e. The van der Waals surface area contributed by atoms with Crippen molar-refractivity contribution >= 4 is 11.7 Å². The molecular formula is C17H21NO3. The number of rotatable bonds is 8. The van der Waals surface area contributed by atoms with Gasteiger partial charge in [0.2, 0.25) is 5.91 Å². The first kappa shape index (κ1) is 16.7. The van der Waals surface area contributed by atoms with Gasteiger partial charge >= 0.3 is 0 Å². The van der Waals surface area contributed by atoms with Gasteiger partial charge in [-0.25, -0.2) is 0 Å². The molecule has 0 aromatic heterocycles. The van der Waals surface area contributed by atoms with Crippen LogP contribution in [0, 0.1) is 0 Å². The third-order valence-corrected chi connectivity index (χ3v) is 3.08. The summed E-state index contributed by atoms with van der Waals surface area (Å²) in [6, 6.07) is 5.12. The number of methoxy groups -OCH3 is 1. The Morgan fingerprint density at radius 1 is 1.24 bits per heavy atom. The van der Waals surface area contributed by atoms with E-state index in [1.807, 2.05) is 0 Å². The van der Waals surface area contributed by atoms with E-state index in [1.54, 1.807) is 42.4 Å². The fraction of sp³-hybridized carbons (Fsp3) is 0.294. The Bertz CT molecular complexity index is 539. The van der Waals surface area contributed by atoms with Gasteiger partial charge in [-0.15, -0.1) is 13.2 Å². The number of carbonyl (C=O) groups excluding carboxylic acids is 2. The van der Waals surface area contributed by atoms with E-state index >= 15 is 0 Å². The highest BCUT2D eigenvalue weighted by molar-refractivity contribution is 5.94. The minimum Gasteiger partial charge on any atom is -0.496 e. The quantitative estimate of drug-likeness (QED) is 0.545. The Balaban J connectivity index is 3.00. The predicted molar refractivity (Wildman–Crippen MR) is 83.7 cm³/mol. The van der Waals surface area contributed by atoms with Gasteiger partial charge in [0.25, 0.3) is 0 Å². The van der Waals surface area contributed by atoms with Crippen LogP contribution in [0.15, 0.2) is 43.5 Å². The van der Waals surface area contributed by atoms with Crippen LogP contribution >= 0.6 is 0 Å². The summed E-state index contributed by atoms with van der Waals surface area (Å²) in [7, 11) is 1.54. The van der Waals surface area contributed by atoms with Crippen LogP contribution in [-0.2, 0) is 11.2 Å². The summed E-state index contributed by atoms with van der Waals surface area (Å²) in [6.07, 6.45) is 3.52. The molecule has 1 rings (SSSR count). The van der Waals surface area contributed by atoms with Gasteiger partial charge in [0.15, 0.2) is 5.78 Å². The lowest BCUT2D eigenvalue weighted by molar-refractivity contribution is -0.129. The molecule has 0 unspecified atom stereocenters. The molecular weight excluding hydrogens is 266 g/mol. The number of ether oxygens (including phenoxy) is 1. The molecule has 21 heavy (non-hydrogen) atoms. The van der Waals surface area contributed by atoms with Gasteiger partial charge in [-0.05, 0) is 25.1 Å². The standard InChI is InChI=1S/C17H21NO3/c1-5-9-18(10-6-2)17(20)12-15-11-14(13(3)19)7-8-16(15)21-4/h5-8,11H,1-2,9-10,12H2,3-4H3. The zero-order valence-electron chi connectivity index (χ0n) is 12.6. The highest BCUT2D eigenvalue weighted by atomic mass is 16.5. The summed E-state index contributed by atoms with van der Waals surface area (Å²) in [5.41, 5.74) is 1.27. The first-order chi connectivity index (χ1) is 10.0. The van der Waals surface area contributed by atoms with Crippen LogP contribution in [0.5, 0.6) is 5.75 Å². The Hall–Kier alpha value is -2.36. The van der Waals surface area contributed by atoms with Gasteiger partial charge in [0.1, 0.15) is 5.75 Å². The van der Waals surface area contributed by atoms with Gasteiger partial charge in [0.05, 0.1) is 13.5 Å². The average Bonchev–Trinajstić information content (AvgIpc) is 2.46. The van der Waals surface area contributed by atoms with E-state index in [4.69, 9.17) is 4.74 Å². The second-order valence-electron chi connectivity index (χ2n) is 4.64. The van der Waals surface area contributed by atoms with Crippen molar-refractivity contribution in [3.8, 4) is 5.75 Å². The minimum absolute atomic E-state index is 0.0413. The number of hydrogen-bond donors (Lipinski definition) is 0. The highest BCUT2D eigenvalue weighted by Gasteiger charge is 2.15. The van der Waals surface area contributed by atoms with Crippen molar-refractivity contribution in [2.45, 2.75) is 13.3 Å². The Kier molecular flexibility index (Phi) is 6.40. The minimum atomic E-state index is -0.0613. The average molecular weight is 287 g/mol. The molecule has 0 fully saturated rings. The maximum atomic E-state index is 12.3. The lowest BCUT2D eigenvalue weighted by Crippen LogP contribution is -2.32. The molecule has 1 aromatic rings. The van der Waals surface area contributed by atoms with Crippen LogP contribution in [-0.4, -0.2) is 36.8 Å². The van der Waals surface area contributed by atoms with E-state index in [-0.39, 0.29) is 18.1 Å². The van der Waals surface area contributed by atoms with E-state index in [0.717, 1.165) is 0 Å². The highest BCUT2D eigenvalue weighted by Crippen LogP contribution is 2.21. The fourth-order valence-corrected chi connectivity index (χ4v) is 2.00. The first-order valence-electron chi connectivity index (χ1n) is 6.70. The molecule has 0 heterocycles. The molecule has 0 saturated heterocycles. The molecule has 0 atom stereocenters. The fourth-order valence-electron chi connectivity index (χ4n) is 2.00. The second-order valence-corrected chi connectivity index (χ2v) is 4.64. The van der Waals surface area contributed by atoms with Crippen molar-refractivity contribution in [1.29, 1.82) is 0 Å². The molecule has 4 heteroatoms. The zero-order chi connectivity index (χ0) is 15.8. The molecule has 0 aliphatic rings. The third-order valence-electron chi connectivity index (χ3n) is 3.08. The van der Waals surface area contributed by atoms with Crippen LogP contribution in [0.25, 0.3) is 0 Å². The van der Waals surface area contributed by atoms with Crippen LogP contribution in [0.4, 0.5) is 0 Å². The topological polar surface area (TPSA) is 46.6 Å². The number of benzene rings is 1. The molecule has 0 N–H and O–H groups in total. The van der Waals surface area contributed by atoms with Crippen molar-refractivity contribution in [2.75, 3.05) is 20.2 Å². The summed E-state index contributed by atoms with van der Waals surface area (Å²) >= 11 is 0. The third kappa shape index (κ3) is 4.60. The van der Waals surface area contributed by atoms with E-state index < -0.39 is 0 Å². The summed E-state index contributed by atoms with van der Waals surface area (Å²) in [6.45, 7) is 9.70. The van der Waals surface area contributed by atoms with Crippen molar-refractivity contribution in [1.82, 2.24) is 4.90 Å². The first-order valence-corrected chi connectivity index (χ1v) is 6.70. The van der Waals surface area contributed by atoms with E-state index in [0.29, 0.717) is 30.0 Å². The Labute approximate surface area is 125 Å². The van der Waals surface area contributed by atoms with Gasteiger partial charge in [-0.1, -0.05) is 12.2 Å². The maximum absolute atomic E-state index is 12.3. The van der Waals surface area contributed by atoms with Crippen molar-refractivity contribution in [3.05, 3.63) is 54.6 Å². The summed E-state index contributed by atoms with van der Waals surface area (Å²) < 4.78 is 5.26. The molecule has 0 radical (unpaired) electrons. The van der Waals surface area contributed by atoms with Crippen molar-refractivity contribution in [2.24, 2.45) is 0 Å². The lowest BCUT2D eigenvalue weighted by atomic mass is 10.0. The van der Waals surface area contributed by atoms with Gasteiger partial charge in [-0.2, -0.15) is 0 Å². The number of carbonyl (C=O) groups is 2.